The summed E-state index contributed by atoms with van der Waals surface area (Å²) < 4.78 is 204. The minimum absolute atomic E-state index is 2.84. The number of rotatable bonds is 7. The molecule has 0 aliphatic carbocycles. The lowest BCUT2D eigenvalue weighted by molar-refractivity contribution is -0.423. The zero-order valence-electron chi connectivity index (χ0n) is 12.7. The summed E-state index contributed by atoms with van der Waals surface area (Å²) in [6, 6.07) is 0. The third-order valence-corrected chi connectivity index (χ3v) is 2.76. The van der Waals surface area contributed by atoms with E-state index < -0.39 is 61.3 Å². The molecule has 0 N–H and O–H groups in total. The standard InChI is InChI=1S/C10H4F16O3/c11-4(12,1-28-3(27)29-2-5(13,14)9(21,22)23)6(15,16)7(17,18)8(19,20)10(24,25)26/h1-2H2. The Balaban J connectivity index is 5.33. The van der Waals surface area contributed by atoms with Crippen LogP contribution in [-0.2, 0) is 9.47 Å². The maximum atomic E-state index is 13.0. The molecule has 0 aromatic rings. The molecule has 0 aliphatic rings. The average molecular weight is 476 g/mol. The molecule has 19 heteroatoms. The Labute approximate surface area is 147 Å². The maximum absolute atomic E-state index is 13.0. The van der Waals surface area contributed by atoms with Crippen molar-refractivity contribution >= 4 is 6.16 Å². The van der Waals surface area contributed by atoms with Gasteiger partial charge in [0.25, 0.3) is 0 Å². The third-order valence-electron chi connectivity index (χ3n) is 2.76. The van der Waals surface area contributed by atoms with Crippen molar-refractivity contribution in [2.75, 3.05) is 13.2 Å². The van der Waals surface area contributed by atoms with Crippen LogP contribution in [0.5, 0.6) is 0 Å². The zero-order valence-corrected chi connectivity index (χ0v) is 12.7. The molecule has 0 aliphatic heterocycles. The molecule has 0 rings (SSSR count). The number of alkyl halides is 16. The molecule has 0 bridgehead atoms. The quantitative estimate of drug-likeness (QED) is 0.363. The minimum Gasteiger partial charge on any atom is -0.428 e. The number of halogens is 16. The van der Waals surface area contributed by atoms with E-state index in [0.29, 0.717) is 0 Å². The van der Waals surface area contributed by atoms with Gasteiger partial charge in [-0.3, -0.25) is 0 Å². The molecule has 0 atom stereocenters. The Morgan fingerprint density at radius 1 is 0.483 bits per heavy atom. The molecule has 0 radical (unpaired) electrons. The summed E-state index contributed by atoms with van der Waals surface area (Å²) in [5, 5.41) is 0. The molecule has 29 heavy (non-hydrogen) atoms. The van der Waals surface area contributed by atoms with Crippen LogP contribution in [0.3, 0.4) is 0 Å². The monoisotopic (exact) mass is 476 g/mol. The molecule has 0 heterocycles. The fourth-order valence-corrected chi connectivity index (χ4v) is 1.12. The first-order valence-electron chi connectivity index (χ1n) is 6.17. The molecule has 0 spiro atoms. The fraction of sp³-hybridized carbons (Fsp3) is 0.900. The third kappa shape index (κ3) is 5.01. The first-order valence-corrected chi connectivity index (χ1v) is 6.17. The maximum Gasteiger partial charge on any atom is 0.508 e. The zero-order chi connectivity index (χ0) is 23.9. The lowest BCUT2D eigenvalue weighted by atomic mass is 9.98. The van der Waals surface area contributed by atoms with Gasteiger partial charge in [-0.1, -0.05) is 0 Å². The van der Waals surface area contributed by atoms with E-state index in [0.717, 1.165) is 0 Å². The van der Waals surface area contributed by atoms with Gasteiger partial charge in [-0.15, -0.1) is 0 Å². The van der Waals surface area contributed by atoms with E-state index in [4.69, 9.17) is 0 Å². The Kier molecular flexibility index (Phi) is 6.97. The van der Waals surface area contributed by atoms with Crippen molar-refractivity contribution in [3.63, 3.8) is 0 Å². The van der Waals surface area contributed by atoms with Crippen LogP contribution in [0.1, 0.15) is 0 Å². The molecule has 174 valence electrons. The van der Waals surface area contributed by atoms with Crippen molar-refractivity contribution in [2.24, 2.45) is 0 Å². The molecule has 0 aromatic carbocycles. The molecule has 0 fully saturated rings. The highest BCUT2D eigenvalue weighted by atomic mass is 19.4. The minimum atomic E-state index is -7.82. The van der Waals surface area contributed by atoms with Crippen LogP contribution in [-0.4, -0.2) is 61.3 Å². The fourth-order valence-electron chi connectivity index (χ4n) is 1.12. The summed E-state index contributed by atoms with van der Waals surface area (Å²) in [5.74, 6) is -35.6. The summed E-state index contributed by atoms with van der Waals surface area (Å²) >= 11 is 0. The molecule has 0 unspecified atom stereocenters. The second-order valence-corrected chi connectivity index (χ2v) is 4.95. The summed E-state index contributed by atoms with van der Waals surface area (Å²) in [4.78, 5) is 10.6. The molecule has 0 amide bonds. The molecular weight excluding hydrogens is 472 g/mol. The lowest BCUT2D eigenvalue weighted by Crippen LogP contribution is -2.67. The summed E-state index contributed by atoms with van der Waals surface area (Å²) in [5.41, 5.74) is 0. The van der Waals surface area contributed by atoms with Crippen molar-refractivity contribution in [1.29, 1.82) is 0 Å². The summed E-state index contributed by atoms with van der Waals surface area (Å²) in [6.07, 6.45) is -16.8. The molecular formula is C10H4F16O3. The second kappa shape index (κ2) is 7.44. The number of hydrogen-bond acceptors (Lipinski definition) is 3. The van der Waals surface area contributed by atoms with E-state index >= 15 is 0 Å². The van der Waals surface area contributed by atoms with Gasteiger partial charge in [-0.25, -0.2) is 4.79 Å². The van der Waals surface area contributed by atoms with Gasteiger partial charge in [0, 0.05) is 0 Å². The topological polar surface area (TPSA) is 35.5 Å². The van der Waals surface area contributed by atoms with Gasteiger partial charge < -0.3 is 9.47 Å². The van der Waals surface area contributed by atoms with Gasteiger partial charge in [0.15, 0.2) is 13.2 Å². The van der Waals surface area contributed by atoms with Crippen molar-refractivity contribution in [3.8, 4) is 0 Å². The predicted molar refractivity (Wildman–Crippen MR) is 54.1 cm³/mol. The van der Waals surface area contributed by atoms with E-state index in [9.17, 15) is 75.0 Å². The average Bonchev–Trinajstić information content (AvgIpc) is 2.48. The van der Waals surface area contributed by atoms with E-state index in [-0.39, 0.29) is 0 Å². The molecule has 3 nitrogen and oxygen atoms in total. The van der Waals surface area contributed by atoms with Gasteiger partial charge >= 0.3 is 48.1 Å². The van der Waals surface area contributed by atoms with Crippen LogP contribution in [0.25, 0.3) is 0 Å². The molecule has 0 saturated heterocycles. The highest BCUT2D eigenvalue weighted by Crippen LogP contribution is 2.57. The number of hydrogen-bond donors (Lipinski definition) is 0. The number of ether oxygens (including phenoxy) is 2. The van der Waals surface area contributed by atoms with Crippen molar-refractivity contribution < 1.29 is 84.5 Å². The molecule has 0 aromatic heterocycles. The SMILES string of the molecule is O=C(OCC(F)(F)C(F)(F)F)OCC(F)(F)C(F)(F)C(F)(F)C(F)(F)C(F)(F)F. The lowest BCUT2D eigenvalue weighted by Gasteiger charge is -2.36. The van der Waals surface area contributed by atoms with Crippen LogP contribution in [0.15, 0.2) is 0 Å². The number of carbonyl (C=O) groups excluding carboxylic acids is 1. The van der Waals surface area contributed by atoms with E-state index in [2.05, 4.69) is 9.47 Å². The first kappa shape index (κ1) is 27.1. The second-order valence-electron chi connectivity index (χ2n) is 4.95. The van der Waals surface area contributed by atoms with Gasteiger partial charge in [0.1, 0.15) is 0 Å². The van der Waals surface area contributed by atoms with Crippen molar-refractivity contribution in [1.82, 2.24) is 0 Å². The van der Waals surface area contributed by atoms with E-state index in [1.54, 1.807) is 0 Å². The normalized spacial score (nSPS) is 15.3. The van der Waals surface area contributed by atoms with Crippen LogP contribution < -0.4 is 0 Å². The van der Waals surface area contributed by atoms with Gasteiger partial charge in [0.05, 0.1) is 0 Å². The van der Waals surface area contributed by atoms with Crippen molar-refractivity contribution in [3.05, 3.63) is 0 Å². The van der Waals surface area contributed by atoms with Gasteiger partial charge in [0.2, 0.25) is 0 Å². The van der Waals surface area contributed by atoms with Crippen molar-refractivity contribution in [2.45, 2.75) is 42.0 Å². The Morgan fingerprint density at radius 3 is 1.14 bits per heavy atom. The van der Waals surface area contributed by atoms with Crippen LogP contribution in [0.4, 0.5) is 75.0 Å². The van der Waals surface area contributed by atoms with E-state index in [1.807, 2.05) is 0 Å². The smallest absolute Gasteiger partial charge is 0.428 e. The van der Waals surface area contributed by atoms with Crippen LogP contribution in [0.2, 0.25) is 0 Å². The van der Waals surface area contributed by atoms with E-state index in [1.165, 1.54) is 0 Å². The summed E-state index contributed by atoms with van der Waals surface area (Å²) in [7, 11) is 0. The Morgan fingerprint density at radius 2 is 0.828 bits per heavy atom. The Bertz CT molecular complexity index is 589. The predicted octanol–water partition coefficient (Wildman–Crippen LogP) is 5.44. The Hall–Kier alpha value is -1.85. The van der Waals surface area contributed by atoms with Gasteiger partial charge in [-0.2, -0.15) is 70.2 Å². The largest absolute Gasteiger partial charge is 0.508 e. The molecule has 0 saturated carbocycles. The first-order chi connectivity index (χ1) is 12.4. The highest BCUT2D eigenvalue weighted by molar-refractivity contribution is 5.60. The highest BCUT2D eigenvalue weighted by Gasteiger charge is 2.87. The summed E-state index contributed by atoms with van der Waals surface area (Å²) in [6.45, 7) is -6.42. The van der Waals surface area contributed by atoms with Gasteiger partial charge in [-0.05, 0) is 0 Å². The number of carbonyl (C=O) groups is 1. The van der Waals surface area contributed by atoms with Crippen LogP contribution >= 0.6 is 0 Å². The van der Waals surface area contributed by atoms with Crippen LogP contribution in [0, 0.1) is 0 Å².